The zero-order chi connectivity index (χ0) is 24.1. The van der Waals surface area contributed by atoms with Gasteiger partial charge in [-0.05, 0) is 67.6 Å². The third-order valence-electron chi connectivity index (χ3n) is 5.03. The Labute approximate surface area is 200 Å². The highest BCUT2D eigenvalue weighted by molar-refractivity contribution is 8.00. The topological polar surface area (TPSA) is 106 Å². The van der Waals surface area contributed by atoms with E-state index in [9.17, 15) is 14.7 Å². The molecule has 4 aromatic rings. The summed E-state index contributed by atoms with van der Waals surface area (Å²) in [4.78, 5) is 23.8. The lowest BCUT2D eigenvalue weighted by Crippen LogP contribution is -2.13. The highest BCUT2D eigenvalue weighted by Gasteiger charge is 2.21. The smallest absolute Gasteiger partial charge is 0.316 e. The van der Waals surface area contributed by atoms with Crippen molar-refractivity contribution in [3.05, 3.63) is 84.4 Å². The fraction of sp³-hybridized carbons (Fsp3) is 0.120. The van der Waals surface area contributed by atoms with Gasteiger partial charge in [0, 0.05) is 22.5 Å². The molecule has 0 saturated heterocycles. The molecule has 0 fully saturated rings. The number of aliphatic carboxylic acids is 1. The minimum atomic E-state index is -0.936. The molecule has 9 heteroatoms. The van der Waals surface area contributed by atoms with E-state index < -0.39 is 11.2 Å². The van der Waals surface area contributed by atoms with Crippen LogP contribution in [0.15, 0.2) is 84.0 Å². The number of hydrogen-bond donors (Lipinski definition) is 2. The largest absolute Gasteiger partial charge is 0.497 e. The SMILES string of the molecule is COc1ccc(-n2c(S[C@@H](C)C(=O)O)nnc2-c2ccc(NC(=O)c3ccccc3)cc2)cc1. The van der Waals surface area contributed by atoms with Crippen molar-refractivity contribution in [2.75, 3.05) is 12.4 Å². The Hall–Kier alpha value is -4.11. The van der Waals surface area contributed by atoms with Crippen molar-refractivity contribution in [2.45, 2.75) is 17.3 Å². The fourth-order valence-electron chi connectivity index (χ4n) is 3.20. The molecule has 0 aliphatic carbocycles. The van der Waals surface area contributed by atoms with E-state index in [0.717, 1.165) is 23.0 Å². The number of carbonyl (C=O) groups excluding carboxylic acids is 1. The van der Waals surface area contributed by atoms with Crippen molar-refractivity contribution >= 4 is 29.3 Å². The van der Waals surface area contributed by atoms with E-state index in [4.69, 9.17) is 4.74 Å². The van der Waals surface area contributed by atoms with E-state index in [-0.39, 0.29) is 5.91 Å². The Bertz CT molecular complexity index is 1290. The molecular formula is C25H22N4O4S. The molecule has 0 radical (unpaired) electrons. The number of hydrogen-bond acceptors (Lipinski definition) is 6. The number of methoxy groups -OCH3 is 1. The number of anilines is 1. The number of thioether (sulfide) groups is 1. The van der Waals surface area contributed by atoms with Crippen LogP contribution in [-0.4, -0.2) is 44.1 Å². The van der Waals surface area contributed by atoms with E-state index in [0.29, 0.717) is 28.0 Å². The highest BCUT2D eigenvalue weighted by atomic mass is 32.2. The summed E-state index contributed by atoms with van der Waals surface area (Å²) in [6, 6.07) is 23.6. The second-order valence-corrected chi connectivity index (χ2v) is 8.64. The summed E-state index contributed by atoms with van der Waals surface area (Å²) in [5.41, 5.74) is 2.74. The van der Waals surface area contributed by atoms with Crippen LogP contribution in [0.5, 0.6) is 5.75 Å². The Morgan fingerprint density at radius 3 is 2.26 bits per heavy atom. The van der Waals surface area contributed by atoms with Gasteiger partial charge in [-0.25, -0.2) is 0 Å². The van der Waals surface area contributed by atoms with Gasteiger partial charge in [0.25, 0.3) is 5.91 Å². The van der Waals surface area contributed by atoms with E-state index in [1.165, 1.54) is 0 Å². The number of carboxylic acid groups (broad SMARTS) is 1. The standard InChI is InChI=1S/C25H22N4O4S/c1-16(24(31)32)34-25-28-27-22(29(25)20-12-14-21(33-2)15-13-20)17-8-10-19(11-9-17)26-23(30)18-6-4-3-5-7-18/h3-16H,1-2H3,(H,26,30)(H,31,32)/t16-/m0/s1. The van der Waals surface area contributed by atoms with Crippen molar-refractivity contribution in [3.8, 4) is 22.8 Å². The quantitative estimate of drug-likeness (QED) is 0.355. The summed E-state index contributed by atoms with van der Waals surface area (Å²) in [6.07, 6.45) is 0. The number of nitrogens with zero attached hydrogens (tertiary/aromatic N) is 3. The number of aromatic nitrogens is 3. The van der Waals surface area contributed by atoms with Crippen LogP contribution in [0.3, 0.4) is 0 Å². The van der Waals surface area contributed by atoms with Gasteiger partial charge in [-0.1, -0.05) is 30.0 Å². The molecule has 0 aliphatic rings. The number of benzene rings is 3. The van der Waals surface area contributed by atoms with Gasteiger partial charge in [0.15, 0.2) is 11.0 Å². The molecule has 1 amide bonds. The first-order valence-electron chi connectivity index (χ1n) is 10.4. The second kappa shape index (κ2) is 10.2. The number of ether oxygens (including phenoxy) is 1. The number of carbonyl (C=O) groups is 2. The third-order valence-corrected chi connectivity index (χ3v) is 6.06. The first kappa shape index (κ1) is 23.1. The molecule has 2 N–H and O–H groups in total. The molecule has 172 valence electrons. The molecule has 0 saturated carbocycles. The van der Waals surface area contributed by atoms with Gasteiger partial charge in [-0.3, -0.25) is 14.2 Å². The van der Waals surface area contributed by atoms with Crippen LogP contribution in [0.2, 0.25) is 0 Å². The van der Waals surface area contributed by atoms with Crippen LogP contribution in [0.4, 0.5) is 5.69 Å². The van der Waals surface area contributed by atoms with E-state index in [1.807, 2.05) is 54.6 Å². The van der Waals surface area contributed by atoms with Gasteiger partial charge in [-0.15, -0.1) is 10.2 Å². The Kier molecular flexibility index (Phi) is 6.93. The maximum atomic E-state index is 12.4. The van der Waals surface area contributed by atoms with Gasteiger partial charge < -0.3 is 15.2 Å². The molecule has 4 rings (SSSR count). The molecule has 0 aliphatic heterocycles. The molecule has 1 heterocycles. The second-order valence-electron chi connectivity index (χ2n) is 7.34. The highest BCUT2D eigenvalue weighted by Crippen LogP contribution is 2.31. The fourth-order valence-corrected chi connectivity index (χ4v) is 4.00. The van der Waals surface area contributed by atoms with Crippen LogP contribution in [0, 0.1) is 0 Å². The molecule has 3 aromatic carbocycles. The minimum Gasteiger partial charge on any atom is -0.497 e. The number of nitrogens with one attached hydrogen (secondary N) is 1. The van der Waals surface area contributed by atoms with Gasteiger partial charge in [0.1, 0.15) is 11.0 Å². The van der Waals surface area contributed by atoms with Crippen molar-refractivity contribution < 1.29 is 19.4 Å². The molecule has 1 aromatic heterocycles. The van der Waals surface area contributed by atoms with Crippen LogP contribution in [0.25, 0.3) is 17.1 Å². The average Bonchev–Trinajstić information content (AvgIpc) is 3.28. The Morgan fingerprint density at radius 1 is 0.971 bits per heavy atom. The monoisotopic (exact) mass is 474 g/mol. The first-order valence-corrected chi connectivity index (χ1v) is 11.3. The summed E-state index contributed by atoms with van der Waals surface area (Å²) in [6.45, 7) is 1.60. The summed E-state index contributed by atoms with van der Waals surface area (Å²) in [5, 5.41) is 20.6. The zero-order valence-corrected chi connectivity index (χ0v) is 19.3. The summed E-state index contributed by atoms with van der Waals surface area (Å²) in [5.74, 6) is 0.113. The number of carboxylic acids is 1. The van der Waals surface area contributed by atoms with Crippen LogP contribution in [-0.2, 0) is 4.79 Å². The molecule has 8 nitrogen and oxygen atoms in total. The maximum Gasteiger partial charge on any atom is 0.316 e. The zero-order valence-electron chi connectivity index (χ0n) is 18.5. The van der Waals surface area contributed by atoms with Crippen molar-refractivity contribution in [1.82, 2.24) is 14.8 Å². The molecule has 0 spiro atoms. The number of rotatable bonds is 8. The lowest BCUT2D eigenvalue weighted by atomic mass is 10.1. The van der Waals surface area contributed by atoms with E-state index in [2.05, 4.69) is 15.5 Å². The van der Waals surface area contributed by atoms with Crippen molar-refractivity contribution in [3.63, 3.8) is 0 Å². The van der Waals surface area contributed by atoms with Crippen molar-refractivity contribution in [2.24, 2.45) is 0 Å². The minimum absolute atomic E-state index is 0.198. The lowest BCUT2D eigenvalue weighted by Gasteiger charge is -2.13. The van der Waals surface area contributed by atoms with Gasteiger partial charge in [0.05, 0.1) is 7.11 Å². The van der Waals surface area contributed by atoms with Crippen molar-refractivity contribution in [1.29, 1.82) is 0 Å². The first-order chi connectivity index (χ1) is 16.5. The van der Waals surface area contributed by atoms with Crippen LogP contribution in [0.1, 0.15) is 17.3 Å². The number of amides is 1. The van der Waals surface area contributed by atoms with E-state index >= 15 is 0 Å². The molecule has 0 bridgehead atoms. The van der Waals surface area contributed by atoms with E-state index in [1.54, 1.807) is 42.9 Å². The predicted molar refractivity (Wildman–Crippen MR) is 131 cm³/mol. The van der Waals surface area contributed by atoms with Crippen LogP contribution >= 0.6 is 11.8 Å². The normalized spacial score (nSPS) is 11.6. The van der Waals surface area contributed by atoms with Crippen LogP contribution < -0.4 is 10.1 Å². The van der Waals surface area contributed by atoms with Gasteiger partial charge >= 0.3 is 5.97 Å². The lowest BCUT2D eigenvalue weighted by molar-refractivity contribution is -0.136. The maximum absolute atomic E-state index is 12.4. The predicted octanol–water partition coefficient (Wildman–Crippen LogP) is 4.76. The molecule has 1 atom stereocenters. The molecular weight excluding hydrogens is 452 g/mol. The summed E-state index contributed by atoms with van der Waals surface area (Å²) >= 11 is 1.11. The summed E-state index contributed by atoms with van der Waals surface area (Å²) in [7, 11) is 1.59. The summed E-state index contributed by atoms with van der Waals surface area (Å²) < 4.78 is 7.05. The Balaban J connectivity index is 1.65. The van der Waals surface area contributed by atoms with Gasteiger partial charge in [0.2, 0.25) is 0 Å². The molecule has 34 heavy (non-hydrogen) atoms. The Morgan fingerprint density at radius 2 is 1.65 bits per heavy atom. The molecule has 0 unspecified atom stereocenters. The third kappa shape index (κ3) is 5.10. The average molecular weight is 475 g/mol. The van der Waals surface area contributed by atoms with Gasteiger partial charge in [-0.2, -0.15) is 0 Å².